The van der Waals surface area contributed by atoms with E-state index in [0.29, 0.717) is 12.4 Å². The third kappa shape index (κ3) is 7.37. The lowest BCUT2D eigenvalue weighted by molar-refractivity contribution is 0.160. The standard InChI is InChI=1S/C16H19N3O2S.C2H6/c1-2-3-10-21-16(20)19-15-11-14(8-9-18-15)22-13-6-4-12(17)5-7-13;1-2/h4-9,11H,2-3,10,17H2,1H3,(H,18,19,20);1-2H3. The summed E-state index contributed by atoms with van der Waals surface area (Å²) in [5.74, 6) is 0.474. The molecular formula is C18H25N3O2S. The number of pyridine rings is 1. The van der Waals surface area contributed by atoms with Crippen molar-refractivity contribution in [3.05, 3.63) is 42.6 Å². The van der Waals surface area contributed by atoms with Gasteiger partial charge in [-0.25, -0.2) is 9.78 Å². The summed E-state index contributed by atoms with van der Waals surface area (Å²) in [5.41, 5.74) is 6.40. The zero-order valence-electron chi connectivity index (χ0n) is 14.4. The van der Waals surface area contributed by atoms with E-state index in [1.54, 1.807) is 18.0 Å². The summed E-state index contributed by atoms with van der Waals surface area (Å²) >= 11 is 1.57. The van der Waals surface area contributed by atoms with Crippen molar-refractivity contribution in [3.8, 4) is 0 Å². The second kappa shape index (κ2) is 11.3. The van der Waals surface area contributed by atoms with Crippen LogP contribution in [0.2, 0.25) is 0 Å². The summed E-state index contributed by atoms with van der Waals surface area (Å²) in [6.07, 6.45) is 3.02. The summed E-state index contributed by atoms with van der Waals surface area (Å²) in [6.45, 7) is 6.46. The highest BCUT2D eigenvalue weighted by molar-refractivity contribution is 7.99. The van der Waals surface area contributed by atoms with Gasteiger partial charge in [-0.15, -0.1) is 0 Å². The third-order valence-electron chi connectivity index (χ3n) is 2.81. The summed E-state index contributed by atoms with van der Waals surface area (Å²) in [5, 5.41) is 2.63. The van der Waals surface area contributed by atoms with Crippen molar-refractivity contribution in [1.29, 1.82) is 0 Å². The number of ether oxygens (including phenoxy) is 1. The van der Waals surface area contributed by atoms with Crippen LogP contribution < -0.4 is 11.1 Å². The van der Waals surface area contributed by atoms with Crippen LogP contribution in [0.3, 0.4) is 0 Å². The first-order chi connectivity index (χ1) is 11.7. The van der Waals surface area contributed by atoms with Crippen LogP contribution in [0.15, 0.2) is 52.4 Å². The molecule has 0 atom stereocenters. The Morgan fingerprint density at radius 1 is 1.21 bits per heavy atom. The molecule has 6 heteroatoms. The van der Waals surface area contributed by atoms with Crippen LogP contribution in [0.25, 0.3) is 0 Å². The molecule has 0 unspecified atom stereocenters. The molecule has 0 aliphatic heterocycles. The van der Waals surface area contributed by atoms with Crippen LogP contribution in [0, 0.1) is 0 Å². The molecule has 0 fully saturated rings. The van der Waals surface area contributed by atoms with Crippen LogP contribution in [0.1, 0.15) is 33.6 Å². The average Bonchev–Trinajstić information content (AvgIpc) is 2.59. The van der Waals surface area contributed by atoms with Gasteiger partial charge in [-0.2, -0.15) is 0 Å². The van der Waals surface area contributed by atoms with Gasteiger partial charge in [0.15, 0.2) is 0 Å². The van der Waals surface area contributed by atoms with Crippen LogP contribution >= 0.6 is 11.8 Å². The number of nitrogen functional groups attached to an aromatic ring is 1. The van der Waals surface area contributed by atoms with E-state index in [-0.39, 0.29) is 0 Å². The van der Waals surface area contributed by atoms with Gasteiger partial charge in [-0.3, -0.25) is 5.32 Å². The Morgan fingerprint density at radius 3 is 2.58 bits per heavy atom. The first-order valence-corrected chi connectivity index (χ1v) is 8.92. The molecule has 0 aliphatic carbocycles. The molecule has 1 amide bonds. The molecule has 0 bridgehead atoms. The minimum absolute atomic E-state index is 0.419. The maximum atomic E-state index is 11.6. The highest BCUT2D eigenvalue weighted by atomic mass is 32.2. The van der Waals surface area contributed by atoms with E-state index in [4.69, 9.17) is 10.5 Å². The van der Waals surface area contributed by atoms with E-state index >= 15 is 0 Å². The number of benzene rings is 1. The molecule has 2 rings (SSSR count). The van der Waals surface area contributed by atoms with Gasteiger partial charge < -0.3 is 10.5 Å². The highest BCUT2D eigenvalue weighted by Crippen LogP contribution is 2.29. The predicted molar refractivity (Wildman–Crippen MR) is 100 cm³/mol. The monoisotopic (exact) mass is 347 g/mol. The lowest BCUT2D eigenvalue weighted by Crippen LogP contribution is -2.15. The normalized spacial score (nSPS) is 9.62. The second-order valence-electron chi connectivity index (χ2n) is 4.66. The molecule has 1 heterocycles. The van der Waals surface area contributed by atoms with E-state index < -0.39 is 6.09 Å². The molecule has 24 heavy (non-hydrogen) atoms. The number of nitrogens with two attached hydrogens (primary N) is 1. The van der Waals surface area contributed by atoms with E-state index in [1.807, 2.05) is 57.2 Å². The number of amides is 1. The number of hydrogen-bond acceptors (Lipinski definition) is 5. The van der Waals surface area contributed by atoms with E-state index in [0.717, 1.165) is 28.3 Å². The number of unbranched alkanes of at least 4 members (excludes halogenated alkanes) is 1. The molecule has 0 saturated carbocycles. The highest BCUT2D eigenvalue weighted by Gasteiger charge is 2.05. The first-order valence-electron chi connectivity index (χ1n) is 8.10. The fourth-order valence-electron chi connectivity index (χ4n) is 1.66. The topological polar surface area (TPSA) is 77.2 Å². The summed E-state index contributed by atoms with van der Waals surface area (Å²) in [6, 6.07) is 11.3. The van der Waals surface area contributed by atoms with Gasteiger partial charge in [-0.1, -0.05) is 39.0 Å². The zero-order chi connectivity index (χ0) is 17.8. The van der Waals surface area contributed by atoms with Crippen molar-refractivity contribution in [3.63, 3.8) is 0 Å². The number of nitrogens with zero attached hydrogens (tertiary/aromatic N) is 1. The largest absolute Gasteiger partial charge is 0.449 e. The van der Waals surface area contributed by atoms with Crippen LogP contribution in [-0.2, 0) is 4.74 Å². The van der Waals surface area contributed by atoms with Gasteiger partial charge in [0.2, 0.25) is 0 Å². The molecule has 3 N–H and O–H groups in total. The van der Waals surface area contributed by atoms with Gasteiger partial charge in [0, 0.05) is 21.7 Å². The Bertz CT molecular complexity index is 618. The van der Waals surface area contributed by atoms with Crippen molar-refractivity contribution in [2.75, 3.05) is 17.7 Å². The van der Waals surface area contributed by atoms with E-state index in [2.05, 4.69) is 10.3 Å². The smallest absolute Gasteiger partial charge is 0.412 e. The first kappa shape index (κ1) is 19.8. The molecule has 2 aromatic rings. The fourth-order valence-corrected chi connectivity index (χ4v) is 2.51. The van der Waals surface area contributed by atoms with Gasteiger partial charge in [0.25, 0.3) is 0 Å². The minimum atomic E-state index is -0.476. The Morgan fingerprint density at radius 2 is 1.92 bits per heavy atom. The van der Waals surface area contributed by atoms with E-state index in [9.17, 15) is 4.79 Å². The number of anilines is 2. The number of carbonyl (C=O) groups excluding carboxylic acids is 1. The Kier molecular flexibility index (Phi) is 9.38. The average molecular weight is 347 g/mol. The Hall–Kier alpha value is -2.21. The summed E-state index contributed by atoms with van der Waals surface area (Å²) < 4.78 is 5.05. The second-order valence-corrected chi connectivity index (χ2v) is 5.81. The van der Waals surface area contributed by atoms with Gasteiger partial charge >= 0.3 is 6.09 Å². The van der Waals surface area contributed by atoms with Crippen molar-refractivity contribution in [1.82, 2.24) is 4.98 Å². The number of aromatic nitrogens is 1. The van der Waals surface area contributed by atoms with Crippen molar-refractivity contribution >= 4 is 29.4 Å². The lowest BCUT2D eigenvalue weighted by atomic mass is 10.3. The number of carbonyl (C=O) groups is 1. The van der Waals surface area contributed by atoms with E-state index in [1.165, 1.54) is 0 Å². The SMILES string of the molecule is CC.CCCCOC(=O)Nc1cc(Sc2ccc(N)cc2)ccn1. The lowest BCUT2D eigenvalue weighted by Gasteiger charge is -2.07. The van der Waals surface area contributed by atoms with Crippen LogP contribution in [0.5, 0.6) is 0 Å². The molecule has 0 aliphatic rings. The molecule has 130 valence electrons. The minimum Gasteiger partial charge on any atom is -0.449 e. The zero-order valence-corrected chi connectivity index (χ0v) is 15.2. The molecular weight excluding hydrogens is 322 g/mol. The maximum absolute atomic E-state index is 11.6. The molecule has 0 spiro atoms. The van der Waals surface area contributed by atoms with Crippen LogP contribution in [-0.4, -0.2) is 17.7 Å². The molecule has 1 aromatic carbocycles. The Balaban J connectivity index is 0.00000139. The number of nitrogens with one attached hydrogen (secondary N) is 1. The Labute approximate surface area is 148 Å². The third-order valence-corrected chi connectivity index (χ3v) is 3.81. The maximum Gasteiger partial charge on any atom is 0.412 e. The summed E-state index contributed by atoms with van der Waals surface area (Å²) in [7, 11) is 0. The van der Waals surface area contributed by atoms with Crippen molar-refractivity contribution in [2.24, 2.45) is 0 Å². The van der Waals surface area contributed by atoms with Gasteiger partial charge in [0.05, 0.1) is 6.61 Å². The molecule has 1 aromatic heterocycles. The molecule has 0 saturated heterocycles. The van der Waals surface area contributed by atoms with Gasteiger partial charge in [0.1, 0.15) is 5.82 Å². The number of rotatable bonds is 6. The fraction of sp³-hybridized carbons (Fsp3) is 0.333. The number of hydrogen-bond donors (Lipinski definition) is 2. The molecule has 5 nitrogen and oxygen atoms in total. The van der Waals surface area contributed by atoms with Crippen molar-refractivity contribution in [2.45, 2.75) is 43.4 Å². The predicted octanol–water partition coefficient (Wildman–Crippen LogP) is 5.19. The molecule has 0 radical (unpaired) electrons. The van der Waals surface area contributed by atoms with Crippen LogP contribution in [0.4, 0.5) is 16.3 Å². The quantitative estimate of drug-likeness (QED) is 0.555. The van der Waals surface area contributed by atoms with Gasteiger partial charge in [-0.05, 0) is 42.8 Å². The van der Waals surface area contributed by atoms with Crippen molar-refractivity contribution < 1.29 is 9.53 Å². The summed E-state index contributed by atoms with van der Waals surface area (Å²) in [4.78, 5) is 17.8.